The average Bonchev–Trinajstić information content (AvgIpc) is 3.04. The van der Waals surface area contributed by atoms with E-state index in [1.54, 1.807) is 7.11 Å². The van der Waals surface area contributed by atoms with Gasteiger partial charge in [0.2, 0.25) is 0 Å². The van der Waals surface area contributed by atoms with Gasteiger partial charge in [-0.15, -0.1) is 0 Å². The molecule has 2 N–H and O–H groups in total. The molecule has 0 aromatic carbocycles. The largest absolute Gasteiger partial charge is 0.388 e. The Morgan fingerprint density at radius 2 is 2.04 bits per heavy atom. The van der Waals surface area contributed by atoms with Gasteiger partial charge in [-0.2, -0.15) is 0 Å². The molecule has 136 valence electrons. The smallest absolute Gasteiger partial charge is 0.194 e. The highest BCUT2D eigenvalue weighted by Crippen LogP contribution is 2.18. The predicted molar refractivity (Wildman–Crippen MR) is 93.9 cm³/mol. The van der Waals surface area contributed by atoms with E-state index in [1.165, 1.54) is 0 Å². The van der Waals surface area contributed by atoms with E-state index in [0.717, 1.165) is 51.5 Å². The molecule has 1 saturated heterocycles. The van der Waals surface area contributed by atoms with E-state index >= 15 is 0 Å². The van der Waals surface area contributed by atoms with Crippen LogP contribution >= 0.6 is 0 Å². The van der Waals surface area contributed by atoms with Crippen LogP contribution in [0, 0.1) is 5.92 Å². The zero-order chi connectivity index (χ0) is 17.1. The number of aliphatic hydroxyl groups is 1. The molecular formula is C17H35N3O3. The Labute approximate surface area is 141 Å². The van der Waals surface area contributed by atoms with Crippen molar-refractivity contribution in [1.29, 1.82) is 0 Å². The summed E-state index contributed by atoms with van der Waals surface area (Å²) < 4.78 is 10.6. The van der Waals surface area contributed by atoms with Crippen LogP contribution in [0.1, 0.15) is 40.0 Å². The average molecular weight is 329 g/mol. The van der Waals surface area contributed by atoms with Gasteiger partial charge in [-0.05, 0) is 26.2 Å². The number of likely N-dealkylation sites (tertiary alicyclic amines) is 1. The van der Waals surface area contributed by atoms with E-state index in [0.29, 0.717) is 25.7 Å². The van der Waals surface area contributed by atoms with Crippen LogP contribution < -0.4 is 5.32 Å². The van der Waals surface area contributed by atoms with Gasteiger partial charge in [0, 0.05) is 32.7 Å². The van der Waals surface area contributed by atoms with Gasteiger partial charge in [0.1, 0.15) is 0 Å². The maximum atomic E-state index is 10.4. The summed E-state index contributed by atoms with van der Waals surface area (Å²) in [5.74, 6) is 1.44. The van der Waals surface area contributed by atoms with Crippen molar-refractivity contribution in [2.45, 2.75) is 45.6 Å². The minimum atomic E-state index is -0.691. The zero-order valence-corrected chi connectivity index (χ0v) is 15.3. The van der Waals surface area contributed by atoms with E-state index in [1.807, 2.05) is 13.8 Å². The van der Waals surface area contributed by atoms with Gasteiger partial charge in [0.15, 0.2) is 5.96 Å². The number of guanidine groups is 1. The SMILES string of the molecule is CCNC(=NCC(O)(CC)CC)N1CCC(COCCOC)C1. The molecule has 1 fully saturated rings. The van der Waals surface area contributed by atoms with E-state index in [4.69, 9.17) is 9.47 Å². The fourth-order valence-corrected chi connectivity index (χ4v) is 2.67. The first-order chi connectivity index (χ1) is 11.1. The van der Waals surface area contributed by atoms with Crippen molar-refractivity contribution < 1.29 is 14.6 Å². The third kappa shape index (κ3) is 7.06. The highest BCUT2D eigenvalue weighted by Gasteiger charge is 2.27. The summed E-state index contributed by atoms with van der Waals surface area (Å²) in [6.07, 6.45) is 2.56. The van der Waals surface area contributed by atoms with Gasteiger partial charge in [0.05, 0.1) is 32.0 Å². The van der Waals surface area contributed by atoms with Crippen LogP contribution in [-0.4, -0.2) is 74.7 Å². The molecule has 6 heteroatoms. The summed E-state index contributed by atoms with van der Waals surface area (Å²) in [5, 5.41) is 13.8. The third-order valence-corrected chi connectivity index (χ3v) is 4.54. The number of ether oxygens (including phenoxy) is 2. The first kappa shape index (κ1) is 20.2. The number of methoxy groups -OCH3 is 1. The Morgan fingerprint density at radius 1 is 1.30 bits per heavy atom. The van der Waals surface area contributed by atoms with Crippen molar-refractivity contribution in [2.75, 3.05) is 53.1 Å². The lowest BCUT2D eigenvalue weighted by Gasteiger charge is -2.26. The molecule has 0 spiro atoms. The van der Waals surface area contributed by atoms with E-state index in [9.17, 15) is 5.11 Å². The summed E-state index contributed by atoms with van der Waals surface area (Å²) in [7, 11) is 1.69. The van der Waals surface area contributed by atoms with Crippen LogP contribution in [-0.2, 0) is 9.47 Å². The second kappa shape index (κ2) is 10.8. The normalized spacial score (nSPS) is 19.4. The summed E-state index contributed by atoms with van der Waals surface area (Å²) in [4.78, 5) is 6.95. The third-order valence-electron chi connectivity index (χ3n) is 4.54. The van der Waals surface area contributed by atoms with Crippen LogP contribution in [0.5, 0.6) is 0 Å². The number of nitrogens with zero attached hydrogens (tertiary/aromatic N) is 2. The lowest BCUT2D eigenvalue weighted by atomic mass is 9.98. The minimum absolute atomic E-state index is 0.452. The lowest BCUT2D eigenvalue weighted by Crippen LogP contribution is -2.42. The summed E-state index contributed by atoms with van der Waals surface area (Å²) in [5.41, 5.74) is -0.691. The lowest BCUT2D eigenvalue weighted by molar-refractivity contribution is 0.0415. The van der Waals surface area contributed by atoms with Crippen LogP contribution in [0.25, 0.3) is 0 Å². The molecule has 0 amide bonds. The maximum Gasteiger partial charge on any atom is 0.194 e. The van der Waals surface area contributed by atoms with Gasteiger partial charge in [-0.3, -0.25) is 4.99 Å². The standard InChI is InChI=1S/C17H35N3O3/c1-5-17(21,6-2)14-19-16(18-7-3)20-9-8-15(12-20)13-23-11-10-22-4/h15,21H,5-14H2,1-4H3,(H,18,19). The van der Waals surface area contributed by atoms with Crippen molar-refractivity contribution in [2.24, 2.45) is 10.9 Å². The number of aliphatic imine (C=N–C) groups is 1. The Balaban J connectivity index is 2.51. The number of nitrogens with one attached hydrogen (secondary N) is 1. The van der Waals surface area contributed by atoms with Gasteiger partial charge in [-0.1, -0.05) is 13.8 Å². The summed E-state index contributed by atoms with van der Waals surface area (Å²) in [6.45, 7) is 11.4. The predicted octanol–water partition coefficient (Wildman–Crippen LogP) is 1.49. The molecule has 0 saturated carbocycles. The fraction of sp³-hybridized carbons (Fsp3) is 0.941. The Morgan fingerprint density at radius 3 is 2.65 bits per heavy atom. The van der Waals surface area contributed by atoms with Crippen LogP contribution in [0.4, 0.5) is 0 Å². The van der Waals surface area contributed by atoms with Crippen molar-refractivity contribution >= 4 is 5.96 Å². The maximum absolute atomic E-state index is 10.4. The molecule has 0 radical (unpaired) electrons. The highest BCUT2D eigenvalue weighted by molar-refractivity contribution is 5.80. The Kier molecular flexibility index (Phi) is 9.52. The Hall–Kier alpha value is -0.850. The number of hydrogen-bond acceptors (Lipinski definition) is 4. The first-order valence-corrected chi connectivity index (χ1v) is 8.90. The van der Waals surface area contributed by atoms with Crippen LogP contribution in [0.15, 0.2) is 4.99 Å². The molecule has 1 heterocycles. The first-order valence-electron chi connectivity index (χ1n) is 8.90. The molecule has 0 aromatic heterocycles. The van der Waals surface area contributed by atoms with Gasteiger partial charge in [0.25, 0.3) is 0 Å². The molecule has 0 bridgehead atoms. The second-order valence-electron chi connectivity index (χ2n) is 6.27. The van der Waals surface area contributed by atoms with E-state index < -0.39 is 5.60 Å². The minimum Gasteiger partial charge on any atom is -0.388 e. The zero-order valence-electron chi connectivity index (χ0n) is 15.3. The molecule has 1 atom stereocenters. The van der Waals surface area contributed by atoms with Crippen LogP contribution in [0.2, 0.25) is 0 Å². The molecule has 1 rings (SSSR count). The molecule has 0 aromatic rings. The number of rotatable bonds is 10. The number of hydrogen-bond donors (Lipinski definition) is 2. The second-order valence-corrected chi connectivity index (χ2v) is 6.27. The molecule has 1 unspecified atom stereocenters. The van der Waals surface area contributed by atoms with Crippen molar-refractivity contribution in [3.8, 4) is 0 Å². The topological polar surface area (TPSA) is 66.3 Å². The van der Waals surface area contributed by atoms with Crippen molar-refractivity contribution in [3.05, 3.63) is 0 Å². The molecule has 6 nitrogen and oxygen atoms in total. The fourth-order valence-electron chi connectivity index (χ4n) is 2.67. The molecule has 0 aliphatic carbocycles. The quantitative estimate of drug-likeness (QED) is 0.361. The molecule has 1 aliphatic rings. The Bertz CT molecular complexity index is 346. The van der Waals surface area contributed by atoms with Gasteiger partial charge in [-0.25, -0.2) is 0 Å². The highest BCUT2D eigenvalue weighted by atomic mass is 16.5. The molecular weight excluding hydrogens is 294 g/mol. The molecule has 1 aliphatic heterocycles. The van der Waals surface area contributed by atoms with Crippen molar-refractivity contribution in [1.82, 2.24) is 10.2 Å². The van der Waals surface area contributed by atoms with Gasteiger partial charge >= 0.3 is 0 Å². The summed E-state index contributed by atoms with van der Waals surface area (Å²) >= 11 is 0. The molecule has 23 heavy (non-hydrogen) atoms. The van der Waals surface area contributed by atoms with Gasteiger partial charge < -0.3 is 24.8 Å². The van der Waals surface area contributed by atoms with Crippen LogP contribution in [0.3, 0.4) is 0 Å². The van der Waals surface area contributed by atoms with Crippen molar-refractivity contribution in [3.63, 3.8) is 0 Å². The van der Waals surface area contributed by atoms with E-state index in [2.05, 4.69) is 22.1 Å². The monoisotopic (exact) mass is 329 g/mol. The van der Waals surface area contributed by atoms with E-state index in [-0.39, 0.29) is 0 Å². The summed E-state index contributed by atoms with van der Waals surface area (Å²) in [6, 6.07) is 0.